The highest BCUT2D eigenvalue weighted by Gasteiger charge is 2.51. The molecule has 3 aromatic rings. The van der Waals surface area contributed by atoms with Crippen LogP contribution in [-0.4, -0.2) is 76.2 Å². The molecule has 1 aliphatic carbocycles. The predicted molar refractivity (Wildman–Crippen MR) is 161 cm³/mol. The number of carbonyl (C=O) groups is 3. The number of aromatic nitrogens is 2. The van der Waals surface area contributed by atoms with Gasteiger partial charge in [0, 0.05) is 51.1 Å². The summed E-state index contributed by atoms with van der Waals surface area (Å²) in [5.41, 5.74) is 0.802. The molecule has 1 saturated heterocycles. The summed E-state index contributed by atoms with van der Waals surface area (Å²) in [7, 11) is 0. The highest BCUT2D eigenvalue weighted by Crippen LogP contribution is 2.46. The number of nitrogens with one attached hydrogen (secondary N) is 2. The molecule has 2 heterocycles. The number of carbonyl (C=O) groups excluding carboxylic acids is 3. The summed E-state index contributed by atoms with van der Waals surface area (Å²) < 4.78 is 47.9. The number of amides is 2. The molecule has 240 valence electrons. The van der Waals surface area contributed by atoms with E-state index in [0.717, 1.165) is 5.56 Å². The summed E-state index contributed by atoms with van der Waals surface area (Å²) in [6.45, 7) is 3.00. The fourth-order valence-electron chi connectivity index (χ4n) is 6.61. The van der Waals surface area contributed by atoms with Gasteiger partial charge in [0.05, 0.1) is 18.1 Å². The zero-order valence-corrected chi connectivity index (χ0v) is 25.2. The first-order valence-electron chi connectivity index (χ1n) is 15.3. The van der Waals surface area contributed by atoms with Crippen LogP contribution in [0, 0.1) is 0 Å². The van der Waals surface area contributed by atoms with Gasteiger partial charge >= 0.3 is 12.1 Å². The Morgan fingerprint density at radius 1 is 1.07 bits per heavy atom. The first kappa shape index (κ1) is 32.2. The minimum atomic E-state index is -5.20. The van der Waals surface area contributed by atoms with Gasteiger partial charge in [0.2, 0.25) is 5.91 Å². The van der Waals surface area contributed by atoms with E-state index in [0.29, 0.717) is 56.6 Å². The van der Waals surface area contributed by atoms with Crippen LogP contribution in [0.25, 0.3) is 11.3 Å². The van der Waals surface area contributed by atoms with Crippen LogP contribution in [0.3, 0.4) is 0 Å². The van der Waals surface area contributed by atoms with E-state index in [1.54, 1.807) is 4.57 Å². The van der Waals surface area contributed by atoms with Gasteiger partial charge in [-0.1, -0.05) is 67.1 Å². The Kier molecular flexibility index (Phi) is 9.91. The lowest BCUT2D eigenvalue weighted by molar-refractivity contribution is -0.221. The number of ether oxygens (including phenoxy) is 1. The van der Waals surface area contributed by atoms with Crippen molar-refractivity contribution in [2.75, 3.05) is 26.2 Å². The number of nitrogens with zero attached hydrogens (tertiary/aromatic N) is 3. The van der Waals surface area contributed by atoms with Crippen LogP contribution in [0.1, 0.15) is 61.1 Å². The molecule has 0 bridgehead atoms. The molecule has 2 N–H and O–H groups in total. The molecule has 2 fully saturated rings. The quantitative estimate of drug-likeness (QED) is 0.335. The zero-order valence-electron chi connectivity index (χ0n) is 25.2. The van der Waals surface area contributed by atoms with E-state index in [-0.39, 0.29) is 42.9 Å². The monoisotopic (exact) mass is 625 g/mol. The van der Waals surface area contributed by atoms with Crippen LogP contribution in [0.5, 0.6) is 0 Å². The summed E-state index contributed by atoms with van der Waals surface area (Å²) in [5, 5.41) is 6.01. The number of benzene rings is 2. The van der Waals surface area contributed by atoms with Gasteiger partial charge in [0.1, 0.15) is 5.60 Å². The molecular weight excluding hydrogens is 587 g/mol. The smallest absolute Gasteiger partial charge is 0.450 e. The average molecular weight is 626 g/mol. The number of hydrogen-bond acceptors (Lipinski definition) is 6. The molecule has 3 atom stereocenters. The average Bonchev–Trinajstić information content (AvgIpc) is 3.46. The Morgan fingerprint density at radius 3 is 2.47 bits per heavy atom. The lowest BCUT2D eigenvalue weighted by Gasteiger charge is -2.44. The van der Waals surface area contributed by atoms with E-state index < -0.39 is 23.8 Å². The second-order valence-corrected chi connectivity index (χ2v) is 11.7. The van der Waals surface area contributed by atoms with Crippen LogP contribution >= 0.6 is 0 Å². The van der Waals surface area contributed by atoms with Crippen molar-refractivity contribution in [3.8, 4) is 11.3 Å². The van der Waals surface area contributed by atoms with E-state index in [1.807, 2.05) is 65.6 Å². The predicted octanol–water partition coefficient (Wildman–Crippen LogP) is 4.69. The lowest BCUT2D eigenvalue weighted by Crippen LogP contribution is -2.54. The third-order valence-corrected chi connectivity index (χ3v) is 8.69. The maximum Gasteiger partial charge on any atom is 0.490 e. The molecule has 2 amide bonds. The van der Waals surface area contributed by atoms with Crippen molar-refractivity contribution in [1.82, 2.24) is 25.1 Å². The van der Waals surface area contributed by atoms with Gasteiger partial charge in [-0.2, -0.15) is 13.2 Å². The first-order chi connectivity index (χ1) is 21.6. The summed E-state index contributed by atoms with van der Waals surface area (Å²) in [6, 6.07) is 18.1. The van der Waals surface area contributed by atoms with Gasteiger partial charge in [-0.05, 0) is 31.2 Å². The number of imidazole rings is 1. The van der Waals surface area contributed by atoms with E-state index in [9.17, 15) is 27.6 Å². The van der Waals surface area contributed by atoms with Gasteiger partial charge < -0.3 is 24.8 Å². The molecule has 5 rings (SSSR count). The minimum absolute atomic E-state index is 0.0140. The number of esters is 1. The highest BCUT2D eigenvalue weighted by atomic mass is 19.4. The first-order valence-corrected chi connectivity index (χ1v) is 15.3. The molecule has 2 aliphatic rings. The second-order valence-electron chi connectivity index (χ2n) is 11.7. The molecule has 1 saturated carbocycles. The molecule has 12 heteroatoms. The Bertz CT molecular complexity index is 1480. The van der Waals surface area contributed by atoms with Crippen LogP contribution in [-0.2, 0) is 20.7 Å². The van der Waals surface area contributed by atoms with E-state index >= 15 is 0 Å². The van der Waals surface area contributed by atoms with Crippen LogP contribution < -0.4 is 10.6 Å². The van der Waals surface area contributed by atoms with Gasteiger partial charge in [0.25, 0.3) is 5.91 Å². The maximum absolute atomic E-state index is 14.3. The van der Waals surface area contributed by atoms with Crippen molar-refractivity contribution in [3.05, 3.63) is 78.2 Å². The Morgan fingerprint density at radius 2 is 1.78 bits per heavy atom. The van der Waals surface area contributed by atoms with Crippen LogP contribution in [0.4, 0.5) is 13.2 Å². The zero-order chi connectivity index (χ0) is 32.0. The lowest BCUT2D eigenvalue weighted by atomic mass is 9.77. The topological polar surface area (TPSA) is 106 Å². The summed E-state index contributed by atoms with van der Waals surface area (Å²) >= 11 is 0. The minimum Gasteiger partial charge on any atom is -0.450 e. The molecule has 1 unspecified atom stereocenters. The van der Waals surface area contributed by atoms with Crippen molar-refractivity contribution in [2.45, 2.75) is 69.3 Å². The molecule has 0 spiro atoms. The largest absolute Gasteiger partial charge is 0.490 e. The van der Waals surface area contributed by atoms with E-state index in [1.165, 1.54) is 13.3 Å². The maximum atomic E-state index is 14.3. The van der Waals surface area contributed by atoms with Crippen molar-refractivity contribution in [1.29, 1.82) is 0 Å². The van der Waals surface area contributed by atoms with Crippen molar-refractivity contribution >= 4 is 17.8 Å². The second kappa shape index (κ2) is 13.8. The fraction of sp³-hybridized carbons (Fsp3) is 0.455. The van der Waals surface area contributed by atoms with Crippen LogP contribution in [0.2, 0.25) is 0 Å². The third-order valence-electron chi connectivity index (χ3n) is 8.69. The Labute approximate surface area is 260 Å². The van der Waals surface area contributed by atoms with Gasteiger partial charge in [-0.25, -0.2) is 9.78 Å². The molecule has 0 radical (unpaired) electrons. The normalized spacial score (nSPS) is 22.1. The van der Waals surface area contributed by atoms with Gasteiger partial charge in [-0.3, -0.25) is 9.59 Å². The van der Waals surface area contributed by atoms with Gasteiger partial charge in [0.15, 0.2) is 5.69 Å². The highest BCUT2D eigenvalue weighted by molar-refractivity contribution is 5.98. The summed E-state index contributed by atoms with van der Waals surface area (Å²) in [6.07, 6.45) is -1.36. The molecular formula is C33H38F3N5O4. The summed E-state index contributed by atoms with van der Waals surface area (Å²) in [4.78, 5) is 44.8. The number of hydrogen-bond donors (Lipinski definition) is 2. The fourth-order valence-corrected chi connectivity index (χ4v) is 6.61. The van der Waals surface area contributed by atoms with Crippen molar-refractivity contribution in [2.24, 2.45) is 0 Å². The summed E-state index contributed by atoms with van der Waals surface area (Å²) in [5.74, 6) is -2.90. The molecule has 9 nitrogen and oxygen atoms in total. The van der Waals surface area contributed by atoms with Gasteiger partial charge in [-0.15, -0.1) is 0 Å². The molecule has 1 aliphatic heterocycles. The van der Waals surface area contributed by atoms with Crippen molar-refractivity contribution < 1.29 is 32.3 Å². The number of piperazine rings is 1. The molecule has 1 aromatic heterocycles. The van der Waals surface area contributed by atoms with E-state index in [4.69, 9.17) is 4.74 Å². The number of rotatable bonds is 9. The van der Waals surface area contributed by atoms with Crippen LogP contribution in [0.15, 0.2) is 67.0 Å². The standard InChI is InChI=1S/C33H38F3N5O4/c1-23(42)38-17-16-32(45-31(44)33(34,35)36)15-9-8-14-27(32)41-22-39-28(29(41)25-12-6-3-7-13-25)30(43)40-19-18-37-21-26(40)20-24-10-4-2-5-11-24/h2-7,10-13,22,26-27,37H,8-9,14-21H2,1H3,(H,38,42)/t26-,27+,32?/m1/s1. The molecule has 45 heavy (non-hydrogen) atoms. The Hall–Kier alpha value is -4.19. The number of halogens is 3. The third kappa shape index (κ3) is 7.38. The number of alkyl halides is 3. The Balaban J connectivity index is 1.57. The SMILES string of the molecule is CC(=O)NCCC1(OC(=O)C(F)(F)F)CCCC[C@@H]1n1cnc(C(=O)N2CCNC[C@H]2Cc2ccccc2)c1-c1ccccc1. The molecule has 2 aromatic carbocycles. The van der Waals surface area contributed by atoms with Crippen molar-refractivity contribution in [3.63, 3.8) is 0 Å². The van der Waals surface area contributed by atoms with E-state index in [2.05, 4.69) is 15.6 Å².